The lowest BCUT2D eigenvalue weighted by molar-refractivity contribution is -0.0608. The Hall–Kier alpha value is -1.59. The van der Waals surface area contributed by atoms with Gasteiger partial charge in [0.1, 0.15) is 5.69 Å². The first-order valence-electron chi connectivity index (χ1n) is 3.39. The molecule has 0 aromatic carbocycles. The smallest absolute Gasteiger partial charge is 0.262 e. The second kappa shape index (κ2) is 2.45. The zero-order chi connectivity index (χ0) is 9.47. The number of halogens is 3. The first-order chi connectivity index (χ1) is 6.07. The fraction of sp³-hybridized carbons (Fsp3) is 0.143. The average molecular weight is 186 g/mol. The molecule has 13 heavy (non-hydrogen) atoms. The third-order valence-corrected chi connectivity index (χ3v) is 1.48. The van der Waals surface area contributed by atoms with Crippen LogP contribution in [-0.2, 0) is 0 Å². The van der Waals surface area contributed by atoms with E-state index < -0.39 is 12.0 Å². The summed E-state index contributed by atoms with van der Waals surface area (Å²) < 4.78 is 36.2. The molecule has 1 aromatic rings. The largest absolute Gasteiger partial charge is 0.451 e. The Balaban J connectivity index is 2.37. The molecule has 0 atom stereocenters. The molecule has 1 aliphatic rings. The molecule has 0 bridgehead atoms. The lowest BCUT2D eigenvalue weighted by atomic mass is 10.4. The zero-order valence-electron chi connectivity index (χ0n) is 6.21. The quantitative estimate of drug-likeness (QED) is 0.610. The van der Waals surface area contributed by atoms with Crippen LogP contribution in [0.4, 0.5) is 24.5 Å². The summed E-state index contributed by atoms with van der Waals surface area (Å²) in [5, 5.41) is 3.31. The predicted octanol–water partition coefficient (Wildman–Crippen LogP) is 1.92. The molecule has 2 rings (SSSR count). The Morgan fingerprint density at radius 2 is 1.92 bits per heavy atom. The minimum absolute atomic E-state index is 0.162. The summed E-state index contributed by atoms with van der Waals surface area (Å²) in [5.41, 5.74) is 0.372. The van der Waals surface area contributed by atoms with Crippen molar-refractivity contribution in [2.75, 3.05) is 0 Å². The number of amidine groups is 1. The zero-order valence-corrected chi connectivity index (χ0v) is 6.21. The van der Waals surface area contributed by atoms with E-state index in [1.165, 1.54) is 18.5 Å². The molecule has 0 saturated heterocycles. The molecular weight excluding hydrogens is 183 g/mol. The van der Waals surface area contributed by atoms with Crippen LogP contribution < -0.4 is 5.32 Å². The number of hydrogen-bond donors (Lipinski definition) is 0. The summed E-state index contributed by atoms with van der Waals surface area (Å²) in [6.07, 6.45) is -1.87. The van der Waals surface area contributed by atoms with Crippen LogP contribution in [0.2, 0.25) is 0 Å². The topological polar surface area (TPSA) is 39.4 Å². The highest BCUT2D eigenvalue weighted by Crippen LogP contribution is 2.33. The van der Waals surface area contributed by atoms with Crippen LogP contribution in [0.25, 0.3) is 0 Å². The van der Waals surface area contributed by atoms with Crippen LogP contribution in [0, 0.1) is 0 Å². The van der Waals surface area contributed by atoms with Crippen molar-refractivity contribution in [2.45, 2.75) is 6.18 Å². The van der Waals surface area contributed by atoms with Crippen LogP contribution in [0.5, 0.6) is 0 Å². The van der Waals surface area contributed by atoms with Crippen molar-refractivity contribution >= 4 is 17.2 Å². The van der Waals surface area contributed by atoms with E-state index in [0.29, 0.717) is 0 Å². The van der Waals surface area contributed by atoms with Crippen molar-refractivity contribution in [3.63, 3.8) is 0 Å². The second-order valence-corrected chi connectivity index (χ2v) is 2.41. The van der Waals surface area contributed by atoms with Gasteiger partial charge in [0.2, 0.25) is 5.84 Å². The normalized spacial score (nSPS) is 14.8. The SMILES string of the molecule is FC(F)(F)C1=Nc2cnccc2[N]1. The van der Waals surface area contributed by atoms with Gasteiger partial charge in [0, 0.05) is 6.20 Å². The average Bonchev–Trinajstić information content (AvgIpc) is 2.45. The van der Waals surface area contributed by atoms with Gasteiger partial charge in [0.25, 0.3) is 0 Å². The summed E-state index contributed by atoms with van der Waals surface area (Å²) in [4.78, 5) is 6.92. The molecule has 6 heteroatoms. The van der Waals surface area contributed by atoms with Crippen LogP contribution >= 0.6 is 0 Å². The summed E-state index contributed by atoms with van der Waals surface area (Å²) >= 11 is 0. The van der Waals surface area contributed by atoms with Crippen molar-refractivity contribution in [1.29, 1.82) is 0 Å². The van der Waals surface area contributed by atoms with Gasteiger partial charge in [-0.05, 0) is 6.07 Å². The maximum Gasteiger partial charge on any atom is 0.451 e. The van der Waals surface area contributed by atoms with E-state index in [2.05, 4.69) is 15.3 Å². The van der Waals surface area contributed by atoms with Gasteiger partial charge in [-0.25, -0.2) is 10.3 Å². The molecule has 0 saturated carbocycles. The molecule has 0 spiro atoms. The Bertz CT molecular complexity index is 369. The van der Waals surface area contributed by atoms with Gasteiger partial charge in [-0.1, -0.05) is 0 Å². The highest BCUT2D eigenvalue weighted by Gasteiger charge is 2.40. The number of nitrogens with zero attached hydrogens (tertiary/aromatic N) is 3. The van der Waals surface area contributed by atoms with E-state index in [0.717, 1.165) is 0 Å². The van der Waals surface area contributed by atoms with E-state index >= 15 is 0 Å². The third kappa shape index (κ3) is 1.34. The van der Waals surface area contributed by atoms with Crippen molar-refractivity contribution in [2.24, 2.45) is 4.99 Å². The molecule has 0 amide bonds. The predicted molar refractivity (Wildman–Crippen MR) is 39.2 cm³/mol. The van der Waals surface area contributed by atoms with E-state index in [9.17, 15) is 13.2 Å². The third-order valence-electron chi connectivity index (χ3n) is 1.48. The number of hydrogen-bond acceptors (Lipinski definition) is 2. The number of fused-ring (bicyclic) bond motifs is 1. The van der Waals surface area contributed by atoms with E-state index in [1.54, 1.807) is 0 Å². The second-order valence-electron chi connectivity index (χ2n) is 2.41. The molecule has 0 fully saturated rings. The molecular formula is C7H3F3N3. The monoisotopic (exact) mass is 186 g/mol. The van der Waals surface area contributed by atoms with Gasteiger partial charge in [0.05, 0.1) is 11.9 Å². The van der Waals surface area contributed by atoms with Gasteiger partial charge < -0.3 is 0 Å². The lowest BCUT2D eigenvalue weighted by Gasteiger charge is -2.02. The van der Waals surface area contributed by atoms with E-state index in [1.807, 2.05) is 0 Å². The maximum absolute atomic E-state index is 12.1. The molecule has 0 aliphatic carbocycles. The van der Waals surface area contributed by atoms with Crippen LogP contribution in [0.1, 0.15) is 0 Å². The number of pyridine rings is 1. The van der Waals surface area contributed by atoms with Crippen molar-refractivity contribution < 1.29 is 13.2 Å². The standard InChI is InChI=1S/C7H3F3N3/c8-7(9,10)6-12-4-1-2-11-3-5(4)13-6/h1-3H. The molecule has 1 aromatic heterocycles. The van der Waals surface area contributed by atoms with Gasteiger partial charge in [-0.3, -0.25) is 4.98 Å². The number of aromatic nitrogens is 1. The molecule has 1 aliphatic heterocycles. The number of rotatable bonds is 0. The first kappa shape index (κ1) is 8.03. The summed E-state index contributed by atoms with van der Waals surface area (Å²) in [5.74, 6) is -1.12. The van der Waals surface area contributed by atoms with Gasteiger partial charge in [-0.15, -0.1) is 0 Å². The van der Waals surface area contributed by atoms with Crippen molar-refractivity contribution in [3.05, 3.63) is 18.5 Å². The first-order valence-corrected chi connectivity index (χ1v) is 3.39. The van der Waals surface area contributed by atoms with Gasteiger partial charge in [0.15, 0.2) is 0 Å². The van der Waals surface area contributed by atoms with Gasteiger partial charge in [-0.2, -0.15) is 13.2 Å². The number of aliphatic imine (C=N–C) groups is 1. The van der Waals surface area contributed by atoms with Gasteiger partial charge >= 0.3 is 6.18 Å². The van der Waals surface area contributed by atoms with Crippen molar-refractivity contribution in [3.8, 4) is 0 Å². The van der Waals surface area contributed by atoms with Crippen LogP contribution in [0.3, 0.4) is 0 Å². The minimum Gasteiger partial charge on any atom is -0.262 e. The Kier molecular flexibility index (Phi) is 1.51. The maximum atomic E-state index is 12.1. The lowest BCUT2D eigenvalue weighted by Crippen LogP contribution is -2.27. The molecule has 0 unspecified atom stereocenters. The fourth-order valence-corrected chi connectivity index (χ4v) is 0.939. The van der Waals surface area contributed by atoms with Crippen LogP contribution in [-0.4, -0.2) is 17.0 Å². The minimum atomic E-state index is -4.49. The summed E-state index contributed by atoms with van der Waals surface area (Å²) in [6, 6.07) is 1.39. The Labute approximate surface area is 71.3 Å². The highest BCUT2D eigenvalue weighted by atomic mass is 19.4. The van der Waals surface area contributed by atoms with Crippen LogP contribution in [0.15, 0.2) is 23.5 Å². The Morgan fingerprint density at radius 3 is 2.54 bits per heavy atom. The molecule has 1 radical (unpaired) electrons. The highest BCUT2D eigenvalue weighted by molar-refractivity contribution is 5.99. The molecule has 3 nitrogen and oxygen atoms in total. The fourth-order valence-electron chi connectivity index (χ4n) is 0.939. The van der Waals surface area contributed by atoms with Crippen molar-refractivity contribution in [1.82, 2.24) is 10.3 Å². The van der Waals surface area contributed by atoms with E-state index in [4.69, 9.17) is 0 Å². The summed E-state index contributed by atoms with van der Waals surface area (Å²) in [6.45, 7) is 0. The molecule has 2 heterocycles. The Morgan fingerprint density at radius 1 is 1.15 bits per heavy atom. The molecule has 67 valence electrons. The number of alkyl halides is 3. The van der Waals surface area contributed by atoms with E-state index in [-0.39, 0.29) is 11.4 Å². The molecule has 0 N–H and O–H groups in total. The summed E-state index contributed by atoms with van der Waals surface area (Å²) in [7, 11) is 0.